The second kappa shape index (κ2) is 7.05. The lowest BCUT2D eigenvalue weighted by Gasteiger charge is -2.57. The molecule has 3 unspecified atom stereocenters. The van der Waals surface area contributed by atoms with Crippen LogP contribution in [0.25, 0.3) is 0 Å². The van der Waals surface area contributed by atoms with Crippen LogP contribution in [0.15, 0.2) is 0 Å². The molecule has 2 aliphatic rings. The van der Waals surface area contributed by atoms with E-state index in [1.807, 2.05) is 0 Å². The summed E-state index contributed by atoms with van der Waals surface area (Å²) in [5.74, 6) is 5.55. The molecule has 0 aromatic rings. The second-order valence-electron chi connectivity index (χ2n) is 9.24. The van der Waals surface area contributed by atoms with Crippen LogP contribution in [0.2, 0.25) is 0 Å². The largest absolute Gasteiger partial charge is 0.0625 e. The fourth-order valence-corrected chi connectivity index (χ4v) is 6.14. The molecule has 0 amide bonds. The molecule has 0 nitrogen and oxygen atoms in total. The van der Waals surface area contributed by atoms with Crippen LogP contribution >= 0.6 is 0 Å². The topological polar surface area (TPSA) is 0 Å². The summed E-state index contributed by atoms with van der Waals surface area (Å²) in [7, 11) is 0. The van der Waals surface area contributed by atoms with Gasteiger partial charge in [0.05, 0.1) is 0 Å². The lowest BCUT2D eigenvalue weighted by atomic mass is 9.48. The normalized spacial score (nSPS) is 35.9. The zero-order chi connectivity index (χ0) is 15.6. The van der Waals surface area contributed by atoms with Crippen molar-refractivity contribution in [3.05, 3.63) is 0 Å². The van der Waals surface area contributed by atoms with Gasteiger partial charge in [-0.2, -0.15) is 0 Å². The first-order chi connectivity index (χ1) is 9.89. The van der Waals surface area contributed by atoms with Crippen LogP contribution in [0.4, 0.5) is 0 Å². The maximum Gasteiger partial charge on any atom is -0.0213 e. The summed E-state index contributed by atoms with van der Waals surface area (Å²) in [6, 6.07) is 0. The van der Waals surface area contributed by atoms with Crippen LogP contribution in [0, 0.1) is 40.9 Å². The fraction of sp³-hybridized carbons (Fsp3) is 1.00. The van der Waals surface area contributed by atoms with E-state index in [-0.39, 0.29) is 0 Å². The molecule has 0 aliphatic heterocycles. The Bertz CT molecular complexity index is 308. The highest BCUT2D eigenvalue weighted by molar-refractivity contribution is 5.00. The first-order valence-corrected chi connectivity index (χ1v) is 9.89. The molecule has 2 aliphatic carbocycles. The van der Waals surface area contributed by atoms with Crippen molar-refractivity contribution in [2.75, 3.05) is 0 Å². The minimum Gasteiger partial charge on any atom is -0.0625 e. The third-order valence-corrected chi connectivity index (χ3v) is 7.34. The van der Waals surface area contributed by atoms with Crippen molar-refractivity contribution in [3.63, 3.8) is 0 Å². The van der Waals surface area contributed by atoms with Crippen LogP contribution in [0.3, 0.4) is 0 Å². The van der Waals surface area contributed by atoms with E-state index >= 15 is 0 Å². The van der Waals surface area contributed by atoms with Gasteiger partial charge in [0.2, 0.25) is 0 Å². The van der Waals surface area contributed by atoms with Gasteiger partial charge in [0.25, 0.3) is 0 Å². The van der Waals surface area contributed by atoms with Crippen molar-refractivity contribution >= 4 is 0 Å². The van der Waals surface area contributed by atoms with Gasteiger partial charge in [-0.25, -0.2) is 0 Å². The molecule has 0 N–H and O–H groups in total. The Morgan fingerprint density at radius 3 is 1.81 bits per heavy atom. The smallest absolute Gasteiger partial charge is 0.0213 e. The summed E-state index contributed by atoms with van der Waals surface area (Å²) in [6.45, 7) is 15.0. The van der Waals surface area contributed by atoms with Gasteiger partial charge in [-0.05, 0) is 73.0 Å². The average Bonchev–Trinajstić information content (AvgIpc) is 2.46. The van der Waals surface area contributed by atoms with Gasteiger partial charge in [0, 0.05) is 0 Å². The van der Waals surface area contributed by atoms with Gasteiger partial charge in [-0.15, -0.1) is 0 Å². The minimum atomic E-state index is 0.641. The number of hydrogen-bond donors (Lipinski definition) is 0. The molecule has 0 heteroatoms. The summed E-state index contributed by atoms with van der Waals surface area (Å²) in [4.78, 5) is 0. The highest BCUT2D eigenvalue weighted by Crippen LogP contribution is 2.59. The molecule has 0 spiro atoms. The monoisotopic (exact) mass is 292 g/mol. The quantitative estimate of drug-likeness (QED) is 0.526. The van der Waals surface area contributed by atoms with Crippen LogP contribution in [0.5, 0.6) is 0 Å². The Morgan fingerprint density at radius 1 is 0.714 bits per heavy atom. The highest BCUT2D eigenvalue weighted by atomic mass is 14.6. The molecule has 0 saturated heterocycles. The van der Waals surface area contributed by atoms with Gasteiger partial charge >= 0.3 is 0 Å². The van der Waals surface area contributed by atoms with Crippen LogP contribution in [0.1, 0.15) is 92.9 Å². The Hall–Kier alpha value is 0. The van der Waals surface area contributed by atoms with E-state index in [9.17, 15) is 0 Å². The molecule has 3 atom stereocenters. The SMILES string of the molecule is CC(C)C1CCC(C(C)C)C(C(C)C)(C2CCCCC2)C1. The fourth-order valence-electron chi connectivity index (χ4n) is 6.14. The molecule has 0 radical (unpaired) electrons. The zero-order valence-corrected chi connectivity index (χ0v) is 15.6. The summed E-state index contributed by atoms with van der Waals surface area (Å²) in [6.07, 6.45) is 12.0. The van der Waals surface area contributed by atoms with E-state index in [0.29, 0.717) is 5.41 Å². The van der Waals surface area contributed by atoms with Crippen LogP contribution < -0.4 is 0 Å². The molecule has 0 aromatic heterocycles. The van der Waals surface area contributed by atoms with E-state index in [0.717, 1.165) is 35.5 Å². The van der Waals surface area contributed by atoms with Gasteiger partial charge in [-0.1, -0.05) is 60.8 Å². The van der Waals surface area contributed by atoms with Crippen molar-refractivity contribution in [2.24, 2.45) is 40.9 Å². The zero-order valence-electron chi connectivity index (χ0n) is 15.6. The average molecular weight is 293 g/mol. The van der Waals surface area contributed by atoms with Crippen molar-refractivity contribution in [2.45, 2.75) is 92.9 Å². The third kappa shape index (κ3) is 3.35. The van der Waals surface area contributed by atoms with Crippen molar-refractivity contribution in [1.82, 2.24) is 0 Å². The van der Waals surface area contributed by atoms with Gasteiger partial charge in [0.15, 0.2) is 0 Å². The summed E-state index contributed by atoms with van der Waals surface area (Å²) in [5.41, 5.74) is 0.641. The van der Waals surface area contributed by atoms with E-state index in [4.69, 9.17) is 0 Å². The molecule has 124 valence electrons. The van der Waals surface area contributed by atoms with Crippen LogP contribution in [-0.4, -0.2) is 0 Å². The van der Waals surface area contributed by atoms with Crippen LogP contribution in [-0.2, 0) is 0 Å². The molecular formula is C21H40. The maximum atomic E-state index is 2.55. The standard InChI is InChI=1S/C21H40/c1-15(2)18-12-13-20(16(3)4)21(14-18,17(5)6)19-10-8-7-9-11-19/h15-20H,7-14H2,1-6H3. The molecule has 2 rings (SSSR count). The first-order valence-electron chi connectivity index (χ1n) is 9.89. The van der Waals surface area contributed by atoms with Gasteiger partial charge in [-0.3, -0.25) is 0 Å². The molecule has 21 heavy (non-hydrogen) atoms. The Balaban J connectivity index is 2.33. The molecule has 0 heterocycles. The maximum absolute atomic E-state index is 2.55. The lowest BCUT2D eigenvalue weighted by Crippen LogP contribution is -2.50. The third-order valence-electron chi connectivity index (χ3n) is 7.34. The van der Waals surface area contributed by atoms with E-state index in [1.165, 1.54) is 51.4 Å². The van der Waals surface area contributed by atoms with E-state index in [1.54, 1.807) is 0 Å². The Labute approximate surface area is 134 Å². The summed E-state index contributed by atoms with van der Waals surface area (Å²) >= 11 is 0. The van der Waals surface area contributed by atoms with Crippen molar-refractivity contribution in [1.29, 1.82) is 0 Å². The van der Waals surface area contributed by atoms with E-state index < -0.39 is 0 Å². The highest BCUT2D eigenvalue weighted by Gasteiger charge is 2.51. The number of rotatable bonds is 4. The van der Waals surface area contributed by atoms with Gasteiger partial charge < -0.3 is 0 Å². The predicted molar refractivity (Wildman–Crippen MR) is 94.4 cm³/mol. The molecule has 2 fully saturated rings. The Morgan fingerprint density at radius 2 is 1.33 bits per heavy atom. The minimum absolute atomic E-state index is 0.641. The Kier molecular flexibility index (Phi) is 5.83. The van der Waals surface area contributed by atoms with Gasteiger partial charge in [0.1, 0.15) is 0 Å². The van der Waals surface area contributed by atoms with Crippen molar-refractivity contribution < 1.29 is 0 Å². The molecule has 0 aromatic carbocycles. The molecule has 2 saturated carbocycles. The van der Waals surface area contributed by atoms with Crippen molar-refractivity contribution in [3.8, 4) is 0 Å². The lowest BCUT2D eigenvalue weighted by molar-refractivity contribution is -0.0828. The molecule has 0 bridgehead atoms. The first kappa shape index (κ1) is 17.4. The number of hydrogen-bond acceptors (Lipinski definition) is 0. The van der Waals surface area contributed by atoms with E-state index in [2.05, 4.69) is 41.5 Å². The summed E-state index contributed by atoms with van der Waals surface area (Å²) < 4.78 is 0. The summed E-state index contributed by atoms with van der Waals surface area (Å²) in [5, 5.41) is 0. The second-order valence-corrected chi connectivity index (χ2v) is 9.24. The molecular weight excluding hydrogens is 252 g/mol. The predicted octanol–water partition coefficient (Wildman–Crippen LogP) is 6.94.